The number of aryl methyl sites for hydroxylation is 1. The molecule has 0 aliphatic rings. The average Bonchev–Trinajstić information content (AvgIpc) is 2.36. The van der Waals surface area contributed by atoms with Gasteiger partial charge < -0.3 is 5.73 Å². The van der Waals surface area contributed by atoms with Gasteiger partial charge in [0.1, 0.15) is 0 Å². The fraction of sp³-hybridized carbons (Fsp3) is 0.333. The lowest BCUT2D eigenvalue weighted by Crippen LogP contribution is -2.06. The molecule has 60 valence electrons. The molecule has 0 bridgehead atoms. The molecule has 0 aromatic carbocycles. The summed E-state index contributed by atoms with van der Waals surface area (Å²) in [7, 11) is 0. The predicted octanol–water partition coefficient (Wildman–Crippen LogP) is 2.63. The highest BCUT2D eigenvalue weighted by atomic mass is 32.1. The van der Waals surface area contributed by atoms with Crippen LogP contribution in [0.25, 0.3) is 0 Å². The van der Waals surface area contributed by atoms with Crippen molar-refractivity contribution >= 4 is 11.3 Å². The van der Waals surface area contributed by atoms with Gasteiger partial charge in [0, 0.05) is 15.8 Å². The van der Waals surface area contributed by atoms with Gasteiger partial charge in [0.25, 0.3) is 0 Å². The van der Waals surface area contributed by atoms with E-state index in [-0.39, 0.29) is 6.04 Å². The second-order valence-corrected chi connectivity index (χ2v) is 3.90. The van der Waals surface area contributed by atoms with Crippen LogP contribution < -0.4 is 5.73 Å². The third kappa shape index (κ3) is 2.17. The maximum atomic E-state index is 5.86. The zero-order valence-electron chi connectivity index (χ0n) is 6.71. The topological polar surface area (TPSA) is 26.0 Å². The summed E-state index contributed by atoms with van der Waals surface area (Å²) in [5.41, 5.74) is 5.86. The van der Waals surface area contributed by atoms with Crippen molar-refractivity contribution in [1.29, 1.82) is 0 Å². The largest absolute Gasteiger partial charge is 0.323 e. The number of hydrogen-bond acceptors (Lipinski definition) is 2. The second-order valence-electron chi connectivity index (χ2n) is 2.58. The summed E-state index contributed by atoms with van der Waals surface area (Å²) in [5.74, 6) is 0. The van der Waals surface area contributed by atoms with E-state index in [1.807, 2.05) is 6.08 Å². The van der Waals surface area contributed by atoms with Gasteiger partial charge in [-0.1, -0.05) is 6.08 Å². The molecule has 0 saturated heterocycles. The van der Waals surface area contributed by atoms with Gasteiger partial charge in [-0.3, -0.25) is 0 Å². The smallest absolute Gasteiger partial charge is 0.0424 e. The molecule has 2 heteroatoms. The minimum atomic E-state index is 0.145. The van der Waals surface area contributed by atoms with E-state index >= 15 is 0 Å². The van der Waals surface area contributed by atoms with Crippen LogP contribution in [0.4, 0.5) is 0 Å². The minimum Gasteiger partial charge on any atom is -0.323 e. The molecule has 0 fully saturated rings. The average molecular weight is 167 g/mol. The molecule has 0 saturated carbocycles. The molecule has 2 N–H and O–H groups in total. The molecule has 0 radical (unpaired) electrons. The molecule has 11 heavy (non-hydrogen) atoms. The zero-order chi connectivity index (χ0) is 8.27. The molecule has 0 amide bonds. The molecule has 0 aliphatic heterocycles. The first-order valence-corrected chi connectivity index (χ1v) is 4.48. The molecular formula is C9H13NS. The summed E-state index contributed by atoms with van der Waals surface area (Å²) < 4.78 is 0. The van der Waals surface area contributed by atoms with Crippen molar-refractivity contribution in [3.05, 3.63) is 34.5 Å². The molecule has 1 rings (SSSR count). The first-order valence-electron chi connectivity index (χ1n) is 3.67. The highest BCUT2D eigenvalue weighted by Crippen LogP contribution is 2.22. The van der Waals surface area contributed by atoms with Crippen LogP contribution in [0.3, 0.4) is 0 Å². The second kappa shape index (κ2) is 3.69. The van der Waals surface area contributed by atoms with E-state index in [4.69, 9.17) is 5.73 Å². The highest BCUT2D eigenvalue weighted by Gasteiger charge is 2.04. The minimum absolute atomic E-state index is 0.145. The quantitative estimate of drug-likeness (QED) is 0.688. The van der Waals surface area contributed by atoms with Gasteiger partial charge in [-0.05, 0) is 25.5 Å². The Labute approximate surface area is 71.5 Å². The molecule has 1 aromatic heterocycles. The van der Waals surface area contributed by atoms with Crippen LogP contribution in [-0.2, 0) is 0 Å². The molecule has 0 aliphatic carbocycles. The monoisotopic (exact) mass is 167 g/mol. The van der Waals surface area contributed by atoms with Gasteiger partial charge >= 0.3 is 0 Å². The van der Waals surface area contributed by atoms with Crippen molar-refractivity contribution in [2.45, 2.75) is 19.4 Å². The Balaban J connectivity index is 2.67. The highest BCUT2D eigenvalue weighted by molar-refractivity contribution is 7.12. The molecule has 1 nitrogen and oxygen atoms in total. The van der Waals surface area contributed by atoms with E-state index in [2.05, 4.69) is 25.6 Å². The molecular weight excluding hydrogens is 154 g/mol. The Hall–Kier alpha value is -0.600. The number of hydrogen-bond donors (Lipinski definition) is 1. The lowest BCUT2D eigenvalue weighted by Gasteiger charge is -2.04. The number of thiophene rings is 1. The Morgan fingerprint density at radius 1 is 1.73 bits per heavy atom. The van der Waals surface area contributed by atoms with Crippen LogP contribution in [-0.4, -0.2) is 0 Å². The summed E-state index contributed by atoms with van der Waals surface area (Å²) in [6.45, 7) is 5.75. The van der Waals surface area contributed by atoms with E-state index in [0.717, 1.165) is 6.42 Å². The third-order valence-corrected chi connectivity index (χ3v) is 2.68. The van der Waals surface area contributed by atoms with Crippen LogP contribution >= 0.6 is 11.3 Å². The maximum absolute atomic E-state index is 5.86. The lowest BCUT2D eigenvalue weighted by molar-refractivity contribution is 0.758. The van der Waals surface area contributed by atoms with Crippen LogP contribution in [0, 0.1) is 6.92 Å². The SMILES string of the molecule is C=CC[C@@H](N)c1ccc(C)s1. The predicted molar refractivity (Wildman–Crippen MR) is 50.8 cm³/mol. The molecule has 0 spiro atoms. The van der Waals surface area contributed by atoms with Gasteiger partial charge in [-0.15, -0.1) is 17.9 Å². The summed E-state index contributed by atoms with van der Waals surface area (Å²) in [4.78, 5) is 2.57. The van der Waals surface area contributed by atoms with Gasteiger partial charge in [0.15, 0.2) is 0 Å². The van der Waals surface area contributed by atoms with Gasteiger partial charge in [0.05, 0.1) is 0 Å². The van der Waals surface area contributed by atoms with Crippen molar-refractivity contribution in [3.63, 3.8) is 0 Å². The van der Waals surface area contributed by atoms with E-state index in [0.29, 0.717) is 0 Å². The standard InChI is InChI=1S/C9H13NS/c1-3-4-8(10)9-6-5-7(2)11-9/h3,5-6,8H,1,4,10H2,2H3/t8-/m1/s1. The van der Waals surface area contributed by atoms with Crippen LogP contribution in [0.2, 0.25) is 0 Å². The summed E-state index contributed by atoms with van der Waals surface area (Å²) >= 11 is 1.76. The fourth-order valence-corrected chi connectivity index (χ4v) is 1.84. The van der Waals surface area contributed by atoms with E-state index in [1.54, 1.807) is 11.3 Å². The van der Waals surface area contributed by atoms with Crippen LogP contribution in [0.1, 0.15) is 22.2 Å². The Morgan fingerprint density at radius 2 is 2.45 bits per heavy atom. The summed E-state index contributed by atoms with van der Waals surface area (Å²) in [5, 5.41) is 0. The Kier molecular flexibility index (Phi) is 2.85. The Morgan fingerprint density at radius 3 is 2.91 bits per heavy atom. The first-order chi connectivity index (χ1) is 5.24. The fourth-order valence-electron chi connectivity index (χ4n) is 0.948. The zero-order valence-corrected chi connectivity index (χ0v) is 7.53. The summed E-state index contributed by atoms with van der Waals surface area (Å²) in [6, 6.07) is 4.34. The van der Waals surface area contributed by atoms with Crippen molar-refractivity contribution in [3.8, 4) is 0 Å². The maximum Gasteiger partial charge on any atom is 0.0424 e. The molecule has 1 atom stereocenters. The third-order valence-electron chi connectivity index (χ3n) is 1.55. The van der Waals surface area contributed by atoms with E-state index in [9.17, 15) is 0 Å². The van der Waals surface area contributed by atoms with E-state index in [1.165, 1.54) is 9.75 Å². The van der Waals surface area contributed by atoms with Crippen molar-refractivity contribution < 1.29 is 0 Å². The molecule has 1 aromatic rings. The molecule has 1 heterocycles. The molecule has 0 unspecified atom stereocenters. The van der Waals surface area contributed by atoms with E-state index < -0.39 is 0 Å². The summed E-state index contributed by atoms with van der Waals surface area (Å²) in [6.07, 6.45) is 2.72. The van der Waals surface area contributed by atoms with Crippen LogP contribution in [0.5, 0.6) is 0 Å². The van der Waals surface area contributed by atoms with Crippen molar-refractivity contribution in [2.75, 3.05) is 0 Å². The van der Waals surface area contributed by atoms with Crippen LogP contribution in [0.15, 0.2) is 24.8 Å². The first kappa shape index (κ1) is 8.50. The lowest BCUT2D eigenvalue weighted by atomic mass is 10.2. The van der Waals surface area contributed by atoms with Gasteiger partial charge in [0.2, 0.25) is 0 Å². The van der Waals surface area contributed by atoms with Gasteiger partial charge in [-0.25, -0.2) is 0 Å². The van der Waals surface area contributed by atoms with Crippen molar-refractivity contribution in [1.82, 2.24) is 0 Å². The Bertz CT molecular complexity index is 239. The van der Waals surface area contributed by atoms with Crippen molar-refractivity contribution in [2.24, 2.45) is 5.73 Å². The number of nitrogens with two attached hydrogens (primary N) is 1. The van der Waals surface area contributed by atoms with Gasteiger partial charge in [-0.2, -0.15) is 0 Å². The number of rotatable bonds is 3. The normalized spacial score (nSPS) is 12.9.